The van der Waals surface area contributed by atoms with Crippen molar-refractivity contribution in [3.05, 3.63) is 69.8 Å². The molecule has 0 aliphatic heterocycles. The van der Waals surface area contributed by atoms with Crippen molar-refractivity contribution in [3.8, 4) is 0 Å². The van der Waals surface area contributed by atoms with E-state index in [-0.39, 0.29) is 26.9 Å². The Labute approximate surface area is 268 Å². The highest BCUT2D eigenvalue weighted by molar-refractivity contribution is 7.91. The molecule has 5 N–H and O–H groups in total. The van der Waals surface area contributed by atoms with E-state index < -0.39 is 31.6 Å². The van der Waals surface area contributed by atoms with Gasteiger partial charge in [0, 0.05) is 18.1 Å². The Balaban J connectivity index is 0.000000454. The molecule has 0 saturated heterocycles. The number of aromatic carboxylic acids is 1. The Morgan fingerprint density at radius 2 is 1.13 bits per heavy atom. The van der Waals surface area contributed by atoms with Gasteiger partial charge in [-0.25, -0.2) is 21.6 Å². The average molecular weight is 662 g/mol. The first-order chi connectivity index (χ1) is 21.0. The Kier molecular flexibility index (Phi) is 15.9. The number of carboxylic acid groups (broad SMARTS) is 1. The van der Waals surface area contributed by atoms with Gasteiger partial charge in [0.15, 0.2) is 25.6 Å². The predicted octanol–water partition coefficient (Wildman–Crippen LogP) is 5.82. The van der Waals surface area contributed by atoms with Crippen molar-refractivity contribution < 1.29 is 31.5 Å². The first-order valence-corrected chi connectivity index (χ1v) is 18.7. The number of nitrogens with zero attached hydrogens (tertiary/aromatic N) is 1. The third-order valence-electron chi connectivity index (χ3n) is 6.77. The van der Waals surface area contributed by atoms with E-state index in [0.717, 1.165) is 51.0 Å². The number of hydrogen-bond acceptors (Lipinski definition) is 6. The molecule has 0 unspecified atom stereocenters. The topological polar surface area (TPSA) is 187 Å². The lowest BCUT2D eigenvalue weighted by Gasteiger charge is -2.11. The largest absolute Gasteiger partial charge is 0.478 e. The molecule has 2 rings (SSSR count). The number of carboxylic acids is 1. The van der Waals surface area contributed by atoms with Gasteiger partial charge in [-0.05, 0) is 72.2 Å². The van der Waals surface area contributed by atoms with E-state index in [1.54, 1.807) is 24.3 Å². The summed E-state index contributed by atoms with van der Waals surface area (Å²) in [5.41, 5.74) is 13.2. The maximum Gasteiger partial charge on any atom is 0.336 e. The molecule has 2 aromatic carbocycles. The maximum absolute atomic E-state index is 12.2. The van der Waals surface area contributed by atoms with Crippen LogP contribution in [0.5, 0.6) is 0 Å². The van der Waals surface area contributed by atoms with Gasteiger partial charge >= 0.3 is 5.97 Å². The summed E-state index contributed by atoms with van der Waals surface area (Å²) in [6.07, 6.45) is 16.7. The molecule has 0 bridgehead atoms. The van der Waals surface area contributed by atoms with Gasteiger partial charge in [-0.3, -0.25) is 4.79 Å². The van der Waals surface area contributed by atoms with E-state index in [2.05, 4.69) is 18.8 Å². The van der Waals surface area contributed by atoms with Gasteiger partial charge in [-0.2, -0.15) is 4.99 Å². The molecule has 2 aromatic rings. The first-order valence-electron chi connectivity index (χ1n) is 15.0. The quantitative estimate of drug-likeness (QED) is 0.127. The summed E-state index contributed by atoms with van der Waals surface area (Å²) in [7, 11) is -6.97. The van der Waals surface area contributed by atoms with Crippen LogP contribution in [-0.2, 0) is 32.5 Å². The molecule has 0 spiro atoms. The summed E-state index contributed by atoms with van der Waals surface area (Å²) in [6, 6.07) is 6.02. The molecule has 1 amide bonds. The minimum Gasteiger partial charge on any atom is -0.478 e. The van der Waals surface area contributed by atoms with E-state index >= 15 is 0 Å². The van der Waals surface area contributed by atoms with Gasteiger partial charge < -0.3 is 16.6 Å². The van der Waals surface area contributed by atoms with Crippen molar-refractivity contribution >= 4 is 49.7 Å². The van der Waals surface area contributed by atoms with Crippen LogP contribution in [0.3, 0.4) is 0 Å². The van der Waals surface area contributed by atoms with E-state index in [0.29, 0.717) is 35.1 Å². The summed E-state index contributed by atoms with van der Waals surface area (Å²) >= 11 is 0. The average Bonchev–Trinajstić information content (AvgIpc) is 2.95. The normalized spacial score (nSPS) is 11.8. The molecule has 0 aliphatic rings. The van der Waals surface area contributed by atoms with Crippen LogP contribution in [0.25, 0.3) is 12.2 Å². The number of carbonyl (C=O) groups is 2. The second kappa shape index (κ2) is 18.3. The second-order valence-electron chi connectivity index (χ2n) is 10.6. The molecule has 0 atom stereocenters. The number of unbranched alkanes of at least 4 members (excludes halogenated alkanes) is 4. The number of amides is 1. The minimum atomic E-state index is -3.50. The number of hydrogen-bond donors (Lipinski definition) is 3. The van der Waals surface area contributed by atoms with Crippen molar-refractivity contribution in [3.63, 3.8) is 0 Å². The first kappa shape index (κ1) is 39.3. The lowest BCUT2D eigenvalue weighted by atomic mass is 10.0. The number of carbonyl (C=O) groups excluding carboxylic acids is 1. The minimum absolute atomic E-state index is 0.0589. The lowest BCUT2D eigenvalue weighted by Crippen LogP contribution is -2.24. The van der Waals surface area contributed by atoms with Gasteiger partial charge in [0.2, 0.25) is 0 Å². The van der Waals surface area contributed by atoms with Crippen molar-refractivity contribution in [1.29, 1.82) is 0 Å². The maximum atomic E-state index is 12.2. The molecule has 10 nitrogen and oxygen atoms in total. The van der Waals surface area contributed by atoms with Crippen LogP contribution in [0, 0.1) is 0 Å². The SMILES string of the molecule is CCCCC=Cc1cc(CC)c(C(=O)N=C(N)N)cc1S(C)(=O)=O.CCCCC=Cc1cc(CC)c(C(=O)O)cc1S(C)(=O)=O. The number of nitrogens with two attached hydrogens (primary N) is 2. The second-order valence-corrected chi connectivity index (χ2v) is 14.6. The summed E-state index contributed by atoms with van der Waals surface area (Å²) in [5, 5.41) is 9.21. The number of aliphatic imine (C=N–C) groups is 1. The molecule has 45 heavy (non-hydrogen) atoms. The van der Waals surface area contributed by atoms with Gasteiger partial charge in [0.05, 0.1) is 15.4 Å². The Bertz CT molecular complexity index is 1650. The van der Waals surface area contributed by atoms with Crippen LogP contribution >= 0.6 is 0 Å². The van der Waals surface area contributed by atoms with Gasteiger partial charge in [0.1, 0.15) is 0 Å². The number of sulfone groups is 2. The van der Waals surface area contributed by atoms with Gasteiger partial charge in [0.25, 0.3) is 5.91 Å². The molecule has 248 valence electrons. The Morgan fingerprint density at radius 1 is 0.733 bits per heavy atom. The number of aryl methyl sites for hydroxylation is 2. The number of guanidine groups is 1. The smallest absolute Gasteiger partial charge is 0.336 e. The molecule has 0 heterocycles. The van der Waals surface area contributed by atoms with Crippen molar-refractivity contribution in [1.82, 2.24) is 0 Å². The van der Waals surface area contributed by atoms with Crippen LogP contribution in [0.1, 0.15) is 109 Å². The molecule has 12 heteroatoms. The molecule has 0 radical (unpaired) electrons. The molecular formula is C33H47N3O7S2. The number of rotatable bonds is 14. The molecule has 0 saturated carbocycles. The molecule has 0 fully saturated rings. The van der Waals surface area contributed by atoms with Gasteiger partial charge in [-0.1, -0.05) is 77.7 Å². The van der Waals surface area contributed by atoms with Crippen molar-refractivity contribution in [2.75, 3.05) is 12.5 Å². The van der Waals surface area contributed by atoms with E-state index in [1.807, 2.05) is 26.0 Å². The highest BCUT2D eigenvalue weighted by atomic mass is 32.2. The fourth-order valence-corrected chi connectivity index (χ4v) is 6.19. The highest BCUT2D eigenvalue weighted by Crippen LogP contribution is 2.26. The third kappa shape index (κ3) is 12.6. The van der Waals surface area contributed by atoms with Crippen LogP contribution < -0.4 is 11.5 Å². The molecule has 0 aliphatic carbocycles. The summed E-state index contributed by atoms with van der Waals surface area (Å²) in [5.74, 6) is -2.09. The Hall–Kier alpha value is -3.77. The van der Waals surface area contributed by atoms with Crippen LogP contribution in [-0.4, -0.2) is 52.3 Å². The molecular weight excluding hydrogens is 615 g/mol. The van der Waals surface area contributed by atoms with Crippen molar-refractivity contribution in [2.24, 2.45) is 16.5 Å². The van der Waals surface area contributed by atoms with Crippen LogP contribution in [0.4, 0.5) is 0 Å². The van der Waals surface area contributed by atoms with E-state index in [4.69, 9.17) is 11.5 Å². The van der Waals surface area contributed by atoms with Gasteiger partial charge in [-0.15, -0.1) is 0 Å². The fraction of sp³-hybridized carbons (Fsp3) is 0.424. The zero-order valence-electron chi connectivity index (χ0n) is 27.1. The Morgan fingerprint density at radius 3 is 1.47 bits per heavy atom. The standard InChI is InChI=1S/C17H25N3O3S.C16H22O4S/c1-4-6-7-8-9-13-10-12(5-2)14(16(21)20-17(18)19)11-15(13)24(3,22)23;1-4-6-7-8-9-13-10-12(5-2)14(16(17)18)11-15(13)21(3,19)20/h8-11H,4-7H2,1-3H3,(H4,18,19,20,21);8-11H,4-7H2,1-3H3,(H,17,18). The monoisotopic (exact) mass is 661 g/mol. The summed E-state index contributed by atoms with van der Waals surface area (Å²) < 4.78 is 48.0. The number of benzene rings is 2. The predicted molar refractivity (Wildman–Crippen MR) is 182 cm³/mol. The van der Waals surface area contributed by atoms with Crippen LogP contribution in [0.2, 0.25) is 0 Å². The highest BCUT2D eigenvalue weighted by Gasteiger charge is 2.20. The van der Waals surface area contributed by atoms with E-state index in [1.165, 1.54) is 12.1 Å². The summed E-state index contributed by atoms with van der Waals surface area (Å²) in [4.78, 5) is 27.1. The molecule has 0 aromatic heterocycles. The fourth-order valence-electron chi connectivity index (χ4n) is 4.42. The zero-order valence-corrected chi connectivity index (χ0v) is 28.7. The zero-order chi connectivity index (χ0) is 34.4. The van der Waals surface area contributed by atoms with Crippen molar-refractivity contribution in [2.45, 2.75) is 88.9 Å². The van der Waals surface area contributed by atoms with Crippen LogP contribution in [0.15, 0.2) is 51.2 Å². The third-order valence-corrected chi connectivity index (χ3v) is 9.07. The lowest BCUT2D eigenvalue weighted by molar-refractivity contribution is 0.0695. The van der Waals surface area contributed by atoms with E-state index in [9.17, 15) is 31.5 Å². The number of allylic oxidation sites excluding steroid dienone is 2. The summed E-state index contributed by atoms with van der Waals surface area (Å²) in [6.45, 7) is 7.92.